The van der Waals surface area contributed by atoms with Crippen LogP contribution in [0.15, 0.2) is 11.0 Å². The van der Waals surface area contributed by atoms with Crippen LogP contribution < -0.4 is 10.0 Å². The summed E-state index contributed by atoms with van der Waals surface area (Å²) in [6.45, 7) is 12.8. The van der Waals surface area contributed by atoms with E-state index in [2.05, 4.69) is 20.2 Å². The number of carbonyl (C=O) groups excluding carboxylic acids is 1. The highest BCUT2D eigenvalue weighted by Crippen LogP contribution is 2.26. The Kier molecular flexibility index (Phi) is 6.39. The van der Waals surface area contributed by atoms with Crippen molar-refractivity contribution in [2.75, 3.05) is 5.32 Å². The zero-order chi connectivity index (χ0) is 20.5. The molecule has 1 aromatic heterocycles. The first-order valence-corrected chi connectivity index (χ1v) is 11.0. The van der Waals surface area contributed by atoms with E-state index in [4.69, 9.17) is 0 Å². The predicted molar refractivity (Wildman–Crippen MR) is 108 cm³/mol. The lowest BCUT2D eigenvalue weighted by atomic mass is 10.0. The van der Waals surface area contributed by atoms with Crippen molar-refractivity contribution >= 4 is 32.4 Å². The van der Waals surface area contributed by atoms with Gasteiger partial charge in [-0.25, -0.2) is 8.42 Å². The standard InChI is InChI=1S/C18H26N4O3S2/c1-9(2)17-20-21-18(26-17)19-16(23)14(7)22-27(24,25)15-12(5)10(3)8-11(4)13(15)6/h8-9,14,22H,1-7H3,(H,19,21,23)/t14-/m1/s1. The van der Waals surface area contributed by atoms with E-state index in [1.54, 1.807) is 13.8 Å². The quantitative estimate of drug-likeness (QED) is 0.761. The molecular formula is C18H26N4O3S2. The van der Waals surface area contributed by atoms with E-state index in [-0.39, 0.29) is 10.8 Å². The molecule has 1 heterocycles. The molecule has 2 aromatic rings. The maximum atomic E-state index is 12.9. The second-order valence-electron chi connectivity index (χ2n) is 7.02. The van der Waals surface area contributed by atoms with Crippen LogP contribution in [0, 0.1) is 27.7 Å². The summed E-state index contributed by atoms with van der Waals surface area (Å²) in [6, 6.07) is 1.00. The van der Waals surface area contributed by atoms with Crippen LogP contribution in [0.25, 0.3) is 0 Å². The average Bonchev–Trinajstić information content (AvgIpc) is 3.01. The number of carbonyl (C=O) groups is 1. The molecule has 2 rings (SSSR count). The molecule has 0 saturated heterocycles. The van der Waals surface area contributed by atoms with Crippen molar-refractivity contribution in [3.8, 4) is 0 Å². The van der Waals surface area contributed by atoms with Crippen LogP contribution in [-0.4, -0.2) is 30.6 Å². The van der Waals surface area contributed by atoms with Crippen LogP contribution in [0.5, 0.6) is 0 Å². The van der Waals surface area contributed by atoms with E-state index >= 15 is 0 Å². The molecule has 0 bridgehead atoms. The van der Waals surface area contributed by atoms with Gasteiger partial charge in [-0.3, -0.25) is 10.1 Å². The number of aromatic nitrogens is 2. The third kappa shape index (κ3) is 4.72. The Morgan fingerprint density at radius 3 is 2.07 bits per heavy atom. The molecular weight excluding hydrogens is 384 g/mol. The fraction of sp³-hybridized carbons (Fsp3) is 0.500. The van der Waals surface area contributed by atoms with E-state index in [0.29, 0.717) is 16.3 Å². The van der Waals surface area contributed by atoms with Crippen LogP contribution in [0.4, 0.5) is 5.13 Å². The van der Waals surface area contributed by atoms with Gasteiger partial charge in [0, 0.05) is 5.92 Å². The first-order valence-electron chi connectivity index (χ1n) is 8.68. The molecule has 0 saturated carbocycles. The molecule has 148 valence electrons. The number of hydrogen-bond acceptors (Lipinski definition) is 6. The van der Waals surface area contributed by atoms with E-state index in [0.717, 1.165) is 16.1 Å². The third-order valence-corrected chi connectivity index (χ3v) is 7.41. The van der Waals surface area contributed by atoms with Crippen molar-refractivity contribution in [1.29, 1.82) is 0 Å². The predicted octanol–water partition coefficient (Wildman–Crippen LogP) is 3.20. The Balaban J connectivity index is 2.21. The lowest BCUT2D eigenvalue weighted by Crippen LogP contribution is -2.42. The molecule has 1 aromatic carbocycles. The zero-order valence-electron chi connectivity index (χ0n) is 16.7. The minimum Gasteiger partial charge on any atom is -0.299 e. The van der Waals surface area contributed by atoms with Gasteiger partial charge in [-0.1, -0.05) is 31.3 Å². The van der Waals surface area contributed by atoms with Gasteiger partial charge in [0.15, 0.2) is 0 Å². The minimum absolute atomic E-state index is 0.208. The largest absolute Gasteiger partial charge is 0.299 e. The molecule has 1 amide bonds. The SMILES string of the molecule is Cc1cc(C)c(C)c(S(=O)(=O)N[C@H](C)C(=O)Nc2nnc(C(C)C)s2)c1C. The van der Waals surface area contributed by atoms with Gasteiger partial charge in [0.1, 0.15) is 5.01 Å². The Labute approximate surface area is 164 Å². The van der Waals surface area contributed by atoms with Crippen molar-refractivity contribution in [2.45, 2.75) is 65.3 Å². The Morgan fingerprint density at radius 1 is 1.04 bits per heavy atom. The van der Waals surface area contributed by atoms with Crippen molar-refractivity contribution in [2.24, 2.45) is 0 Å². The Morgan fingerprint density at radius 2 is 1.59 bits per heavy atom. The third-order valence-electron chi connectivity index (χ3n) is 4.46. The summed E-state index contributed by atoms with van der Waals surface area (Å²) in [4.78, 5) is 12.6. The number of amides is 1. The average molecular weight is 411 g/mol. The van der Waals surface area contributed by atoms with Crippen molar-refractivity contribution in [3.63, 3.8) is 0 Å². The molecule has 0 aliphatic carbocycles. The monoisotopic (exact) mass is 410 g/mol. The van der Waals surface area contributed by atoms with Gasteiger partial charge in [0.05, 0.1) is 10.9 Å². The Bertz CT molecular complexity index is 939. The van der Waals surface area contributed by atoms with Gasteiger partial charge in [-0.15, -0.1) is 10.2 Å². The number of nitrogens with zero attached hydrogens (tertiary/aromatic N) is 2. The summed E-state index contributed by atoms with van der Waals surface area (Å²) in [7, 11) is -3.85. The molecule has 0 spiro atoms. The van der Waals surface area contributed by atoms with Gasteiger partial charge in [-0.05, 0) is 56.9 Å². The number of sulfonamides is 1. The number of anilines is 1. The maximum absolute atomic E-state index is 12.9. The normalized spacial score (nSPS) is 13.0. The molecule has 9 heteroatoms. The molecule has 7 nitrogen and oxygen atoms in total. The van der Waals surface area contributed by atoms with Crippen LogP contribution in [-0.2, 0) is 14.8 Å². The molecule has 0 aliphatic heterocycles. The second-order valence-corrected chi connectivity index (χ2v) is 9.68. The zero-order valence-corrected chi connectivity index (χ0v) is 18.3. The highest BCUT2D eigenvalue weighted by atomic mass is 32.2. The smallest absolute Gasteiger partial charge is 0.244 e. The van der Waals surface area contributed by atoms with Crippen LogP contribution in [0.2, 0.25) is 0 Å². The topological polar surface area (TPSA) is 101 Å². The van der Waals surface area contributed by atoms with E-state index in [1.807, 2.05) is 33.8 Å². The van der Waals surface area contributed by atoms with Crippen molar-refractivity contribution in [3.05, 3.63) is 33.3 Å². The lowest BCUT2D eigenvalue weighted by Gasteiger charge is -2.18. The summed E-state index contributed by atoms with van der Waals surface area (Å²) in [6.07, 6.45) is 0. The summed E-state index contributed by atoms with van der Waals surface area (Å²) < 4.78 is 28.3. The van der Waals surface area contributed by atoms with Gasteiger partial charge in [0.25, 0.3) is 0 Å². The highest BCUT2D eigenvalue weighted by molar-refractivity contribution is 7.89. The van der Waals surface area contributed by atoms with Gasteiger partial charge < -0.3 is 0 Å². The highest BCUT2D eigenvalue weighted by Gasteiger charge is 2.27. The van der Waals surface area contributed by atoms with E-state index in [9.17, 15) is 13.2 Å². The molecule has 2 N–H and O–H groups in total. The number of hydrogen-bond donors (Lipinski definition) is 2. The summed E-state index contributed by atoms with van der Waals surface area (Å²) >= 11 is 1.28. The summed E-state index contributed by atoms with van der Waals surface area (Å²) in [5.74, 6) is -0.274. The first-order chi connectivity index (χ1) is 12.4. The first kappa shape index (κ1) is 21.5. The molecule has 0 aliphatic rings. The number of rotatable bonds is 6. The molecule has 1 atom stereocenters. The summed E-state index contributed by atoms with van der Waals surface area (Å²) in [5, 5.41) is 11.7. The van der Waals surface area contributed by atoms with Crippen LogP contribution in [0.1, 0.15) is 54.0 Å². The van der Waals surface area contributed by atoms with Gasteiger partial charge in [0.2, 0.25) is 21.1 Å². The molecule has 0 fully saturated rings. The summed E-state index contributed by atoms with van der Waals surface area (Å²) in [5.41, 5.74) is 3.16. The van der Waals surface area contributed by atoms with E-state index in [1.165, 1.54) is 18.3 Å². The van der Waals surface area contributed by atoms with Crippen LogP contribution in [0.3, 0.4) is 0 Å². The van der Waals surface area contributed by atoms with Crippen molar-refractivity contribution in [1.82, 2.24) is 14.9 Å². The molecule has 27 heavy (non-hydrogen) atoms. The van der Waals surface area contributed by atoms with Crippen LogP contribution >= 0.6 is 11.3 Å². The fourth-order valence-electron chi connectivity index (χ4n) is 2.66. The van der Waals surface area contributed by atoms with Gasteiger partial charge in [-0.2, -0.15) is 4.72 Å². The minimum atomic E-state index is -3.85. The number of nitrogens with one attached hydrogen (secondary N) is 2. The fourth-order valence-corrected chi connectivity index (χ4v) is 5.23. The Hall–Kier alpha value is -1.84. The lowest BCUT2D eigenvalue weighted by molar-refractivity contribution is -0.117. The molecule has 0 radical (unpaired) electrons. The van der Waals surface area contributed by atoms with Gasteiger partial charge >= 0.3 is 0 Å². The second kappa shape index (κ2) is 8.04. The number of benzene rings is 1. The maximum Gasteiger partial charge on any atom is 0.244 e. The van der Waals surface area contributed by atoms with E-state index < -0.39 is 22.0 Å². The number of aryl methyl sites for hydroxylation is 2. The van der Waals surface area contributed by atoms with Crippen molar-refractivity contribution < 1.29 is 13.2 Å². The molecule has 0 unspecified atom stereocenters.